The van der Waals surface area contributed by atoms with Crippen molar-refractivity contribution in [3.8, 4) is 5.75 Å². The second kappa shape index (κ2) is 10.7. The van der Waals surface area contributed by atoms with E-state index < -0.39 is 33.8 Å². The fraction of sp³-hybridized carbons (Fsp3) is 0.136. The number of rotatable bonds is 10. The first-order valence-corrected chi connectivity index (χ1v) is 11.1. The lowest BCUT2D eigenvalue weighted by Crippen LogP contribution is -2.47. The Kier molecular flexibility index (Phi) is 7.70. The zero-order chi connectivity index (χ0) is 23.8. The van der Waals surface area contributed by atoms with Gasteiger partial charge in [0, 0.05) is 11.9 Å². The Balaban J connectivity index is 1.77. The van der Waals surface area contributed by atoms with Crippen LogP contribution in [-0.2, 0) is 26.0 Å². The quantitative estimate of drug-likeness (QED) is 0.411. The highest BCUT2D eigenvalue weighted by atomic mass is 32.2. The third-order valence-electron chi connectivity index (χ3n) is 4.37. The van der Waals surface area contributed by atoms with Crippen molar-refractivity contribution in [3.05, 3.63) is 84.4 Å². The third kappa shape index (κ3) is 7.09. The summed E-state index contributed by atoms with van der Waals surface area (Å²) in [6, 6.07) is 12.1. The summed E-state index contributed by atoms with van der Waals surface area (Å²) in [5.41, 5.74) is 0.871. The first-order valence-electron chi connectivity index (χ1n) is 9.65. The van der Waals surface area contributed by atoms with E-state index in [2.05, 4.69) is 15.0 Å². The van der Waals surface area contributed by atoms with Gasteiger partial charge >= 0.3 is 5.97 Å². The Bertz CT molecular complexity index is 1200. The van der Waals surface area contributed by atoms with Crippen LogP contribution in [0.25, 0.3) is 0 Å². The molecule has 3 aromatic rings. The highest BCUT2D eigenvalue weighted by Crippen LogP contribution is 2.14. The van der Waals surface area contributed by atoms with Gasteiger partial charge in [-0.2, -0.15) is 4.72 Å². The Morgan fingerprint density at radius 2 is 1.76 bits per heavy atom. The molecule has 2 aromatic carbocycles. The summed E-state index contributed by atoms with van der Waals surface area (Å²) < 4.78 is 46.4. The number of hydrogen-bond acceptors (Lipinski definition) is 6. The highest BCUT2D eigenvalue weighted by Gasteiger charge is 2.27. The number of nitrogens with one attached hydrogen (secondary N) is 2. The van der Waals surface area contributed by atoms with Gasteiger partial charge in [-0.05, 0) is 54.1 Å². The van der Waals surface area contributed by atoms with E-state index in [9.17, 15) is 22.4 Å². The van der Waals surface area contributed by atoms with E-state index in [1.807, 2.05) is 0 Å². The predicted octanol–water partition coefficient (Wildman–Crippen LogP) is 2.21. The Morgan fingerprint density at radius 3 is 2.36 bits per heavy atom. The molecule has 0 spiro atoms. The number of benzene rings is 2. The number of pyridine rings is 1. The van der Waals surface area contributed by atoms with Crippen molar-refractivity contribution in [2.75, 3.05) is 11.9 Å². The van der Waals surface area contributed by atoms with Gasteiger partial charge in [-0.3, -0.25) is 14.6 Å². The summed E-state index contributed by atoms with van der Waals surface area (Å²) in [7, 11) is -4.18. The van der Waals surface area contributed by atoms with Crippen LogP contribution in [-0.4, -0.2) is 43.0 Å². The molecule has 1 amide bonds. The number of anilines is 1. The van der Waals surface area contributed by atoms with Gasteiger partial charge in [-0.15, -0.1) is 0 Å². The van der Waals surface area contributed by atoms with Crippen molar-refractivity contribution < 1.29 is 32.2 Å². The average molecular weight is 473 g/mol. The number of nitrogens with zero attached hydrogens (tertiary/aromatic N) is 1. The van der Waals surface area contributed by atoms with Crippen LogP contribution in [0.1, 0.15) is 5.56 Å². The van der Waals surface area contributed by atoms with Crippen LogP contribution in [0.5, 0.6) is 5.75 Å². The smallest absolute Gasteiger partial charge is 0.307 e. The fourth-order valence-electron chi connectivity index (χ4n) is 2.75. The van der Waals surface area contributed by atoms with E-state index in [0.29, 0.717) is 17.0 Å². The molecule has 1 unspecified atom stereocenters. The molecule has 1 heterocycles. The molecule has 11 heteroatoms. The van der Waals surface area contributed by atoms with E-state index >= 15 is 0 Å². The van der Waals surface area contributed by atoms with Gasteiger partial charge in [0.2, 0.25) is 15.9 Å². The third-order valence-corrected chi connectivity index (χ3v) is 5.85. The van der Waals surface area contributed by atoms with Crippen molar-refractivity contribution in [2.45, 2.75) is 17.4 Å². The summed E-state index contributed by atoms with van der Waals surface area (Å²) in [6.07, 6.45) is 2.76. The van der Waals surface area contributed by atoms with E-state index in [-0.39, 0.29) is 17.9 Å². The number of hydrogen-bond donors (Lipinski definition) is 3. The molecule has 0 radical (unpaired) electrons. The van der Waals surface area contributed by atoms with Crippen molar-refractivity contribution in [2.24, 2.45) is 0 Å². The lowest BCUT2D eigenvalue weighted by atomic mass is 10.1. The van der Waals surface area contributed by atoms with E-state index in [0.717, 1.165) is 24.3 Å². The summed E-state index contributed by atoms with van der Waals surface area (Å²) in [5, 5.41) is 11.4. The molecule has 0 saturated heterocycles. The maximum absolute atomic E-state index is 13.2. The number of carbonyl (C=O) groups excluding carboxylic acids is 1. The van der Waals surface area contributed by atoms with Gasteiger partial charge in [-0.25, -0.2) is 12.8 Å². The molecule has 0 bridgehead atoms. The summed E-state index contributed by atoms with van der Waals surface area (Å²) in [6.45, 7) is -0.352. The number of amides is 1. The molecular weight excluding hydrogens is 453 g/mol. The van der Waals surface area contributed by atoms with Crippen LogP contribution in [0.4, 0.5) is 10.1 Å². The lowest BCUT2D eigenvalue weighted by Gasteiger charge is -2.19. The average Bonchev–Trinajstić information content (AvgIpc) is 2.78. The lowest BCUT2D eigenvalue weighted by molar-refractivity contribution is -0.136. The number of sulfonamides is 1. The Labute approximate surface area is 189 Å². The molecule has 0 aliphatic rings. The molecule has 172 valence electrons. The number of aromatic nitrogens is 1. The minimum Gasteiger partial charge on any atom is -0.490 e. The zero-order valence-electron chi connectivity index (χ0n) is 17.1. The molecule has 9 nitrogen and oxygen atoms in total. The predicted molar refractivity (Wildman–Crippen MR) is 117 cm³/mol. The molecule has 1 aromatic heterocycles. The first kappa shape index (κ1) is 23.8. The summed E-state index contributed by atoms with van der Waals surface area (Å²) in [4.78, 5) is 27.3. The number of ether oxygens (including phenoxy) is 1. The molecule has 33 heavy (non-hydrogen) atoms. The largest absolute Gasteiger partial charge is 0.490 e. The molecular formula is C22H20FN3O6S. The van der Waals surface area contributed by atoms with Crippen LogP contribution in [0, 0.1) is 5.82 Å². The molecule has 3 rings (SSSR count). The summed E-state index contributed by atoms with van der Waals surface area (Å²) in [5.74, 6) is -1.98. The maximum Gasteiger partial charge on any atom is 0.307 e. The van der Waals surface area contributed by atoms with Gasteiger partial charge in [0.1, 0.15) is 24.2 Å². The Hall–Kier alpha value is -3.83. The standard InChI is InChI=1S/C22H20FN3O6S/c23-16-5-9-19(10-6-16)33(30,31)26-20(14-32-18-2-1-11-24-13-18)22(29)25-17-7-3-15(4-8-17)12-21(27)28/h1-11,13,20,26H,12,14H2,(H,25,29)(H,27,28). The zero-order valence-corrected chi connectivity index (χ0v) is 18.0. The number of carbonyl (C=O) groups is 2. The number of carboxylic acid groups (broad SMARTS) is 1. The monoisotopic (exact) mass is 473 g/mol. The normalized spacial score (nSPS) is 12.0. The van der Waals surface area contributed by atoms with E-state index in [4.69, 9.17) is 9.84 Å². The van der Waals surface area contributed by atoms with Gasteiger partial charge in [-0.1, -0.05) is 12.1 Å². The SMILES string of the molecule is O=C(O)Cc1ccc(NC(=O)C(COc2cccnc2)NS(=O)(=O)c2ccc(F)cc2)cc1. The van der Waals surface area contributed by atoms with Crippen molar-refractivity contribution >= 4 is 27.6 Å². The molecule has 0 fully saturated rings. The number of aliphatic carboxylic acids is 1. The van der Waals surface area contributed by atoms with Crippen molar-refractivity contribution in [1.82, 2.24) is 9.71 Å². The van der Waals surface area contributed by atoms with Gasteiger partial charge in [0.05, 0.1) is 17.5 Å². The second-order valence-corrected chi connectivity index (χ2v) is 8.60. The van der Waals surface area contributed by atoms with E-state index in [1.165, 1.54) is 36.7 Å². The molecule has 0 aliphatic carbocycles. The molecule has 0 aliphatic heterocycles. The van der Waals surface area contributed by atoms with Crippen molar-refractivity contribution in [1.29, 1.82) is 0 Å². The minimum atomic E-state index is -4.18. The van der Waals surface area contributed by atoms with Crippen molar-refractivity contribution in [3.63, 3.8) is 0 Å². The molecule has 1 atom stereocenters. The van der Waals surface area contributed by atoms with Gasteiger partial charge in [0.15, 0.2) is 0 Å². The van der Waals surface area contributed by atoms with Crippen LogP contribution in [0.3, 0.4) is 0 Å². The minimum absolute atomic E-state index is 0.173. The van der Waals surface area contributed by atoms with Crippen LogP contribution < -0.4 is 14.8 Å². The topological polar surface area (TPSA) is 135 Å². The van der Waals surface area contributed by atoms with E-state index in [1.54, 1.807) is 12.1 Å². The van der Waals surface area contributed by atoms with Gasteiger partial charge in [0.25, 0.3) is 0 Å². The fourth-order valence-corrected chi connectivity index (χ4v) is 3.93. The Morgan fingerprint density at radius 1 is 1.06 bits per heavy atom. The number of halogens is 1. The maximum atomic E-state index is 13.2. The molecule has 3 N–H and O–H groups in total. The highest BCUT2D eigenvalue weighted by molar-refractivity contribution is 7.89. The van der Waals surface area contributed by atoms with Crippen LogP contribution >= 0.6 is 0 Å². The van der Waals surface area contributed by atoms with Crippen LogP contribution in [0.15, 0.2) is 78.0 Å². The van der Waals surface area contributed by atoms with Crippen LogP contribution in [0.2, 0.25) is 0 Å². The van der Waals surface area contributed by atoms with Gasteiger partial charge < -0.3 is 15.2 Å². The second-order valence-electron chi connectivity index (χ2n) is 6.88. The first-order chi connectivity index (χ1) is 15.7. The number of carboxylic acids is 1. The summed E-state index contributed by atoms with van der Waals surface area (Å²) >= 11 is 0. The molecule has 0 saturated carbocycles.